The van der Waals surface area contributed by atoms with Gasteiger partial charge in [0.1, 0.15) is 0 Å². The van der Waals surface area contributed by atoms with E-state index in [9.17, 15) is 9.59 Å². The molecule has 1 aliphatic rings. The Bertz CT molecular complexity index is 809. The van der Waals surface area contributed by atoms with E-state index in [4.69, 9.17) is 0 Å². The van der Waals surface area contributed by atoms with Crippen molar-refractivity contribution in [2.24, 2.45) is 5.92 Å². The van der Waals surface area contributed by atoms with Gasteiger partial charge in [0.15, 0.2) is 5.16 Å². The van der Waals surface area contributed by atoms with E-state index in [-0.39, 0.29) is 17.2 Å². The summed E-state index contributed by atoms with van der Waals surface area (Å²) in [6, 6.07) is 11.8. The van der Waals surface area contributed by atoms with E-state index < -0.39 is 0 Å². The number of amides is 1. The van der Waals surface area contributed by atoms with Crippen LogP contribution >= 0.6 is 11.8 Å². The Morgan fingerprint density at radius 2 is 2.15 bits per heavy atom. The number of aryl methyl sites for hydroxylation is 1. The molecule has 138 valence electrons. The van der Waals surface area contributed by atoms with Gasteiger partial charge in [-0.25, -0.2) is 4.98 Å². The highest BCUT2D eigenvalue weighted by molar-refractivity contribution is 7.99. The molecular formula is C19H24N4O2S. The number of aromatic amines is 1. The highest BCUT2D eigenvalue weighted by atomic mass is 32.2. The molecular weight excluding hydrogens is 348 g/mol. The van der Waals surface area contributed by atoms with Crippen LogP contribution in [0.5, 0.6) is 0 Å². The van der Waals surface area contributed by atoms with Crippen LogP contribution in [0.25, 0.3) is 0 Å². The molecule has 0 spiro atoms. The number of aromatic nitrogens is 2. The zero-order valence-electron chi connectivity index (χ0n) is 15.1. The Hall–Kier alpha value is -2.28. The number of hydrogen-bond acceptors (Lipinski definition) is 5. The average molecular weight is 372 g/mol. The van der Waals surface area contributed by atoms with Crippen molar-refractivity contribution in [3.05, 3.63) is 52.4 Å². The standard InChI is InChI=1S/C19H24N4O2S/c1-14-10-17(24)21-19(20-14)26-13-18(25)22(2)11-15-8-9-23(12-15)16-6-4-3-5-7-16/h3-7,10,15H,8-9,11-13H2,1-2H3,(H,20,21,24)/t15-/m0/s1. The van der Waals surface area contributed by atoms with Crippen LogP contribution in [0.15, 0.2) is 46.3 Å². The second kappa shape index (κ2) is 8.40. The Balaban J connectivity index is 1.48. The Kier molecular flexibility index (Phi) is 5.98. The maximum absolute atomic E-state index is 12.4. The summed E-state index contributed by atoms with van der Waals surface area (Å²) in [7, 11) is 1.85. The average Bonchev–Trinajstić information content (AvgIpc) is 3.08. The van der Waals surface area contributed by atoms with E-state index in [2.05, 4.69) is 39.1 Å². The summed E-state index contributed by atoms with van der Waals surface area (Å²) in [5.74, 6) is 0.807. The fourth-order valence-electron chi connectivity index (χ4n) is 3.20. The molecule has 26 heavy (non-hydrogen) atoms. The van der Waals surface area contributed by atoms with Crippen molar-refractivity contribution in [3.63, 3.8) is 0 Å². The maximum Gasteiger partial charge on any atom is 0.251 e. The molecule has 1 atom stereocenters. The van der Waals surface area contributed by atoms with Crippen LogP contribution in [-0.2, 0) is 4.79 Å². The Labute approximate surface area is 157 Å². The summed E-state index contributed by atoms with van der Waals surface area (Å²) in [5, 5.41) is 0.493. The molecule has 0 aliphatic carbocycles. The lowest BCUT2D eigenvalue weighted by atomic mass is 10.1. The van der Waals surface area contributed by atoms with E-state index in [1.807, 2.05) is 13.1 Å². The lowest BCUT2D eigenvalue weighted by Crippen LogP contribution is -2.34. The highest BCUT2D eigenvalue weighted by Crippen LogP contribution is 2.24. The summed E-state index contributed by atoms with van der Waals surface area (Å²) in [4.78, 5) is 34.9. The quantitative estimate of drug-likeness (QED) is 0.622. The van der Waals surface area contributed by atoms with Crippen LogP contribution in [0.3, 0.4) is 0 Å². The number of nitrogens with one attached hydrogen (secondary N) is 1. The van der Waals surface area contributed by atoms with Crippen LogP contribution in [0, 0.1) is 12.8 Å². The molecule has 1 saturated heterocycles. The molecule has 3 rings (SSSR count). The van der Waals surface area contributed by atoms with Crippen molar-refractivity contribution in [3.8, 4) is 0 Å². The van der Waals surface area contributed by atoms with Gasteiger partial charge in [-0.1, -0.05) is 30.0 Å². The van der Waals surface area contributed by atoms with Gasteiger partial charge in [0.05, 0.1) is 5.75 Å². The predicted molar refractivity (Wildman–Crippen MR) is 105 cm³/mol. The third-order valence-electron chi connectivity index (χ3n) is 4.55. The molecule has 1 fully saturated rings. The van der Waals surface area contributed by atoms with E-state index in [1.165, 1.54) is 23.5 Å². The lowest BCUT2D eigenvalue weighted by molar-refractivity contribution is -0.127. The zero-order valence-corrected chi connectivity index (χ0v) is 16.0. The number of H-pyrrole nitrogens is 1. The predicted octanol–water partition coefficient (Wildman–Crippen LogP) is 2.16. The maximum atomic E-state index is 12.4. The van der Waals surface area contributed by atoms with E-state index in [1.54, 1.807) is 11.8 Å². The molecule has 1 aromatic heterocycles. The second-order valence-electron chi connectivity index (χ2n) is 6.69. The van der Waals surface area contributed by atoms with E-state index in [0.29, 0.717) is 16.8 Å². The van der Waals surface area contributed by atoms with Gasteiger partial charge in [-0.2, -0.15) is 0 Å². The summed E-state index contributed by atoms with van der Waals surface area (Å²) in [6.07, 6.45) is 1.09. The number of rotatable bonds is 6. The van der Waals surface area contributed by atoms with Crippen LogP contribution in [0.1, 0.15) is 12.1 Å². The van der Waals surface area contributed by atoms with Crippen LogP contribution in [0.2, 0.25) is 0 Å². The van der Waals surface area contributed by atoms with Crippen molar-refractivity contribution in [1.29, 1.82) is 0 Å². The van der Waals surface area contributed by atoms with Gasteiger partial charge in [0.2, 0.25) is 5.91 Å². The van der Waals surface area contributed by atoms with E-state index >= 15 is 0 Å². The third kappa shape index (κ3) is 4.88. The fraction of sp³-hybridized carbons (Fsp3) is 0.421. The normalized spacial score (nSPS) is 16.7. The third-order valence-corrected chi connectivity index (χ3v) is 5.40. The number of thioether (sulfide) groups is 1. The molecule has 0 bridgehead atoms. The minimum atomic E-state index is -0.187. The molecule has 0 unspecified atom stereocenters. The van der Waals surface area contributed by atoms with Crippen molar-refractivity contribution >= 4 is 23.4 Å². The van der Waals surface area contributed by atoms with Gasteiger partial charge < -0.3 is 14.8 Å². The number of benzene rings is 1. The molecule has 0 radical (unpaired) electrons. The monoisotopic (exact) mass is 372 g/mol. The summed E-state index contributed by atoms with van der Waals surface area (Å²) < 4.78 is 0. The molecule has 1 N–H and O–H groups in total. The fourth-order valence-corrected chi connectivity index (χ4v) is 4.07. The molecule has 1 aromatic carbocycles. The topological polar surface area (TPSA) is 69.3 Å². The molecule has 2 heterocycles. The molecule has 6 nitrogen and oxygen atoms in total. The van der Waals surface area contributed by atoms with Gasteiger partial charge in [-0.05, 0) is 31.4 Å². The molecule has 1 aliphatic heterocycles. The lowest BCUT2D eigenvalue weighted by Gasteiger charge is -2.22. The number of anilines is 1. The molecule has 7 heteroatoms. The van der Waals surface area contributed by atoms with Crippen molar-refractivity contribution in [2.75, 3.05) is 37.3 Å². The number of hydrogen-bond donors (Lipinski definition) is 1. The molecule has 1 amide bonds. The number of nitrogens with zero attached hydrogens (tertiary/aromatic N) is 3. The Morgan fingerprint density at radius 1 is 1.38 bits per heavy atom. The van der Waals surface area contributed by atoms with Gasteiger partial charge in [0.25, 0.3) is 5.56 Å². The number of carbonyl (C=O) groups is 1. The summed E-state index contributed by atoms with van der Waals surface area (Å²) >= 11 is 1.27. The molecule has 0 saturated carbocycles. The number of para-hydroxylation sites is 1. The Morgan fingerprint density at radius 3 is 2.88 bits per heavy atom. The first-order valence-electron chi connectivity index (χ1n) is 8.76. The number of carbonyl (C=O) groups excluding carboxylic acids is 1. The van der Waals surface area contributed by atoms with Crippen molar-refractivity contribution in [1.82, 2.24) is 14.9 Å². The van der Waals surface area contributed by atoms with E-state index in [0.717, 1.165) is 26.1 Å². The first kappa shape index (κ1) is 18.5. The largest absolute Gasteiger partial charge is 0.371 e. The minimum absolute atomic E-state index is 0.0531. The van der Waals surface area contributed by atoms with Crippen LogP contribution < -0.4 is 10.5 Å². The molecule has 2 aromatic rings. The zero-order chi connectivity index (χ0) is 18.5. The van der Waals surface area contributed by atoms with Gasteiger partial charge in [0, 0.05) is 44.1 Å². The van der Waals surface area contributed by atoms with Crippen molar-refractivity contribution < 1.29 is 4.79 Å². The first-order chi connectivity index (χ1) is 12.5. The van der Waals surface area contributed by atoms with Crippen LogP contribution in [-0.4, -0.2) is 53.2 Å². The second-order valence-corrected chi connectivity index (χ2v) is 7.66. The van der Waals surface area contributed by atoms with Gasteiger partial charge in [-0.3, -0.25) is 9.59 Å². The van der Waals surface area contributed by atoms with Crippen molar-refractivity contribution in [2.45, 2.75) is 18.5 Å². The summed E-state index contributed by atoms with van der Waals surface area (Å²) in [5.41, 5.74) is 1.71. The highest BCUT2D eigenvalue weighted by Gasteiger charge is 2.25. The van der Waals surface area contributed by atoms with Gasteiger partial charge in [-0.15, -0.1) is 0 Å². The van der Waals surface area contributed by atoms with Gasteiger partial charge >= 0.3 is 0 Å². The first-order valence-corrected chi connectivity index (χ1v) is 9.74. The van der Waals surface area contributed by atoms with Crippen LogP contribution in [0.4, 0.5) is 5.69 Å². The SMILES string of the molecule is Cc1cc(=O)[nH]c(SCC(=O)N(C)C[C@@H]2CCN(c3ccccc3)C2)n1. The smallest absolute Gasteiger partial charge is 0.251 e. The summed E-state index contributed by atoms with van der Waals surface area (Å²) in [6.45, 7) is 4.52. The minimum Gasteiger partial charge on any atom is -0.371 e.